The average Bonchev–Trinajstić information content (AvgIpc) is 3.12. The van der Waals surface area contributed by atoms with E-state index in [9.17, 15) is 4.79 Å². The summed E-state index contributed by atoms with van der Waals surface area (Å²) in [6.07, 6.45) is 1.76. The van der Waals surface area contributed by atoms with E-state index in [1.54, 1.807) is 60.8 Å². The minimum Gasteiger partial charge on any atom is -0.478 e. The Balaban J connectivity index is 1.70. The predicted molar refractivity (Wildman–Crippen MR) is 134 cm³/mol. The van der Waals surface area contributed by atoms with E-state index in [1.165, 1.54) is 0 Å². The van der Waals surface area contributed by atoms with E-state index in [0.717, 1.165) is 16.9 Å². The van der Waals surface area contributed by atoms with Crippen LogP contribution in [-0.2, 0) is 11.3 Å². The number of fused-ring (bicyclic) bond motifs is 1. The maximum absolute atomic E-state index is 12.7. The van der Waals surface area contributed by atoms with Gasteiger partial charge in [-0.15, -0.1) is 0 Å². The second-order valence-corrected chi connectivity index (χ2v) is 10.7. The van der Waals surface area contributed by atoms with Crippen LogP contribution in [0.25, 0.3) is 11.0 Å². The smallest absolute Gasteiger partial charge is 0.263 e. The summed E-state index contributed by atoms with van der Waals surface area (Å²) in [4.78, 5) is 22.1. The number of rotatable bonds is 10. The minimum absolute atomic E-state index is 0.221. The summed E-state index contributed by atoms with van der Waals surface area (Å²) >= 11 is 7.52. The minimum atomic E-state index is -1.04. The van der Waals surface area contributed by atoms with Crippen molar-refractivity contribution >= 4 is 46.1 Å². The molecular formula is C23H31ClN6O2S. The van der Waals surface area contributed by atoms with Gasteiger partial charge in [0.1, 0.15) is 11.6 Å². The zero-order valence-electron chi connectivity index (χ0n) is 19.8. The lowest BCUT2D eigenvalue weighted by atomic mass is 10.1. The van der Waals surface area contributed by atoms with Crippen molar-refractivity contribution in [1.82, 2.24) is 25.1 Å². The summed E-state index contributed by atoms with van der Waals surface area (Å²) in [7, 11) is 0. The Morgan fingerprint density at radius 2 is 1.88 bits per heavy atom. The molecule has 8 nitrogen and oxygen atoms in total. The molecule has 1 aromatic carbocycles. The molecule has 0 fully saturated rings. The molecular weight excluding hydrogens is 460 g/mol. The molecule has 178 valence electrons. The highest BCUT2D eigenvalue weighted by molar-refractivity contribution is 7.99. The van der Waals surface area contributed by atoms with Crippen molar-refractivity contribution in [3.8, 4) is 5.75 Å². The second kappa shape index (κ2) is 10.6. The Morgan fingerprint density at radius 3 is 2.52 bits per heavy atom. The fraction of sp³-hybridized carbons (Fsp3) is 0.478. The molecule has 2 heterocycles. The fourth-order valence-corrected chi connectivity index (χ4v) is 3.91. The van der Waals surface area contributed by atoms with Crippen LogP contribution < -0.4 is 15.4 Å². The van der Waals surface area contributed by atoms with E-state index in [4.69, 9.17) is 21.3 Å². The first-order valence-corrected chi connectivity index (χ1v) is 12.2. The van der Waals surface area contributed by atoms with Gasteiger partial charge in [0.15, 0.2) is 16.4 Å². The molecule has 0 aliphatic rings. The lowest BCUT2D eigenvalue weighted by Crippen LogP contribution is -2.47. The van der Waals surface area contributed by atoms with Gasteiger partial charge in [-0.25, -0.2) is 14.6 Å². The largest absolute Gasteiger partial charge is 0.478 e. The summed E-state index contributed by atoms with van der Waals surface area (Å²) in [5, 5.41) is 13.3. The summed E-state index contributed by atoms with van der Waals surface area (Å²) < 4.78 is 7.65. The van der Waals surface area contributed by atoms with Gasteiger partial charge < -0.3 is 15.4 Å². The van der Waals surface area contributed by atoms with Gasteiger partial charge in [-0.1, -0.05) is 37.2 Å². The number of anilines is 1. The first-order chi connectivity index (χ1) is 15.5. The number of aromatic nitrogens is 4. The average molecular weight is 491 g/mol. The van der Waals surface area contributed by atoms with Crippen LogP contribution in [0.4, 0.5) is 5.82 Å². The number of benzene rings is 1. The van der Waals surface area contributed by atoms with Crippen molar-refractivity contribution < 1.29 is 9.53 Å². The topological polar surface area (TPSA) is 94.0 Å². The lowest BCUT2D eigenvalue weighted by molar-refractivity contribution is -0.134. The molecule has 0 saturated heterocycles. The molecule has 33 heavy (non-hydrogen) atoms. The molecule has 0 spiro atoms. The van der Waals surface area contributed by atoms with Gasteiger partial charge >= 0.3 is 0 Å². The number of nitrogens with one attached hydrogen (secondary N) is 2. The number of hydrogen-bond acceptors (Lipinski definition) is 7. The van der Waals surface area contributed by atoms with E-state index >= 15 is 0 Å². The molecule has 0 atom stereocenters. The third-order valence-corrected chi connectivity index (χ3v) is 5.70. The highest BCUT2D eigenvalue weighted by Gasteiger charge is 2.29. The van der Waals surface area contributed by atoms with Gasteiger partial charge in [0.05, 0.1) is 18.1 Å². The van der Waals surface area contributed by atoms with Gasteiger partial charge in [0, 0.05) is 22.9 Å². The predicted octanol–water partition coefficient (Wildman–Crippen LogP) is 4.77. The van der Waals surface area contributed by atoms with Crippen molar-refractivity contribution in [1.29, 1.82) is 0 Å². The SMILES string of the molecule is CC(C)Nc1nc(SC(C)C)nc2c1cnn2CCNC(=O)C(C)(C)Oc1ccc(Cl)cc1. The van der Waals surface area contributed by atoms with E-state index in [1.807, 2.05) is 0 Å². The molecule has 0 unspecified atom stereocenters. The highest BCUT2D eigenvalue weighted by atomic mass is 35.5. The summed E-state index contributed by atoms with van der Waals surface area (Å²) in [6, 6.07) is 7.16. The van der Waals surface area contributed by atoms with Crippen LogP contribution in [0, 0.1) is 0 Å². The second-order valence-electron chi connectivity index (χ2n) is 8.75. The van der Waals surface area contributed by atoms with Gasteiger partial charge in [-0.05, 0) is 52.0 Å². The Kier molecular flexibility index (Phi) is 8.07. The van der Waals surface area contributed by atoms with Crippen LogP contribution in [0.3, 0.4) is 0 Å². The number of carbonyl (C=O) groups is 1. The van der Waals surface area contributed by atoms with Crippen molar-refractivity contribution in [2.75, 3.05) is 11.9 Å². The molecule has 0 saturated carbocycles. The van der Waals surface area contributed by atoms with Gasteiger partial charge in [0.25, 0.3) is 5.91 Å². The zero-order valence-corrected chi connectivity index (χ0v) is 21.4. The quantitative estimate of drug-likeness (QED) is 0.312. The van der Waals surface area contributed by atoms with Crippen LogP contribution in [0.2, 0.25) is 5.02 Å². The molecule has 3 rings (SSSR count). The van der Waals surface area contributed by atoms with Crippen LogP contribution in [0.15, 0.2) is 35.6 Å². The Hall–Kier alpha value is -2.52. The molecule has 2 N–H and O–H groups in total. The number of thioether (sulfide) groups is 1. The highest BCUT2D eigenvalue weighted by Crippen LogP contribution is 2.27. The Bertz CT molecular complexity index is 1100. The first-order valence-electron chi connectivity index (χ1n) is 10.9. The van der Waals surface area contributed by atoms with Crippen molar-refractivity contribution in [2.24, 2.45) is 0 Å². The molecule has 1 amide bonds. The maximum Gasteiger partial charge on any atom is 0.263 e. The van der Waals surface area contributed by atoms with E-state index < -0.39 is 5.60 Å². The molecule has 10 heteroatoms. The lowest BCUT2D eigenvalue weighted by Gasteiger charge is -2.25. The monoisotopic (exact) mass is 490 g/mol. The molecule has 3 aromatic rings. The number of halogens is 1. The van der Waals surface area contributed by atoms with Crippen LogP contribution in [-0.4, -0.2) is 49.1 Å². The summed E-state index contributed by atoms with van der Waals surface area (Å²) in [5.74, 6) is 1.13. The zero-order chi connectivity index (χ0) is 24.2. The molecule has 2 aromatic heterocycles. The van der Waals surface area contributed by atoms with Crippen molar-refractivity contribution in [3.05, 3.63) is 35.5 Å². The number of hydrogen-bond donors (Lipinski definition) is 2. The third-order valence-electron chi connectivity index (χ3n) is 4.58. The van der Waals surface area contributed by atoms with Gasteiger partial charge in [0.2, 0.25) is 0 Å². The van der Waals surface area contributed by atoms with Crippen molar-refractivity contribution in [2.45, 2.75) is 70.1 Å². The maximum atomic E-state index is 12.7. The number of carbonyl (C=O) groups excluding carboxylic acids is 1. The number of ether oxygens (including phenoxy) is 1. The van der Waals surface area contributed by atoms with Gasteiger partial charge in [-0.3, -0.25) is 4.79 Å². The number of nitrogens with zero attached hydrogens (tertiary/aromatic N) is 4. The summed E-state index contributed by atoms with van der Waals surface area (Å²) in [5.41, 5.74) is -0.306. The van der Waals surface area contributed by atoms with Crippen LogP contribution in [0.5, 0.6) is 5.75 Å². The fourth-order valence-electron chi connectivity index (χ4n) is 3.08. The molecule has 0 radical (unpaired) electrons. The van der Waals surface area contributed by atoms with E-state index in [-0.39, 0.29) is 11.9 Å². The van der Waals surface area contributed by atoms with Crippen LogP contribution >= 0.6 is 23.4 Å². The van der Waals surface area contributed by atoms with Crippen LogP contribution in [0.1, 0.15) is 41.5 Å². The summed E-state index contributed by atoms with van der Waals surface area (Å²) in [6.45, 7) is 12.7. The van der Waals surface area contributed by atoms with Gasteiger partial charge in [-0.2, -0.15) is 5.10 Å². The molecule has 0 bridgehead atoms. The Labute approximate surface area is 203 Å². The molecule has 0 aliphatic heterocycles. The number of amides is 1. The first kappa shape index (κ1) is 25.1. The standard InChI is InChI=1S/C23H31ClN6O2S/c1-14(2)27-19-18-13-26-30(20(18)29-22(28-19)33-15(3)4)12-11-25-21(31)23(5,6)32-17-9-7-16(24)8-10-17/h7-10,13-15H,11-12H2,1-6H3,(H,25,31)(H,27,28,29). The van der Waals surface area contributed by atoms with E-state index in [2.05, 4.69) is 48.4 Å². The molecule has 0 aliphatic carbocycles. The van der Waals surface area contributed by atoms with E-state index in [0.29, 0.717) is 34.3 Å². The normalized spacial score (nSPS) is 11.9. The van der Waals surface area contributed by atoms with Crippen molar-refractivity contribution in [3.63, 3.8) is 0 Å². The third kappa shape index (κ3) is 6.74. The Morgan fingerprint density at radius 1 is 1.18 bits per heavy atom.